The SMILES string of the molecule is CCN(Cc1cccc(C)c1)C(=O)c1ccnc(F)c1. The van der Waals surface area contributed by atoms with Gasteiger partial charge in [0, 0.05) is 30.9 Å². The fraction of sp³-hybridized carbons (Fsp3) is 0.250. The molecule has 1 aromatic carbocycles. The number of rotatable bonds is 4. The summed E-state index contributed by atoms with van der Waals surface area (Å²) in [5.74, 6) is -0.822. The van der Waals surface area contributed by atoms with Gasteiger partial charge in [0.1, 0.15) is 0 Å². The van der Waals surface area contributed by atoms with Gasteiger partial charge >= 0.3 is 0 Å². The summed E-state index contributed by atoms with van der Waals surface area (Å²) in [5.41, 5.74) is 2.54. The predicted octanol–water partition coefficient (Wildman–Crippen LogP) is 3.19. The third-order valence-corrected chi connectivity index (χ3v) is 3.10. The Bertz CT molecular complexity index is 613. The molecule has 0 aliphatic rings. The van der Waals surface area contributed by atoms with Crippen LogP contribution in [-0.2, 0) is 6.54 Å². The third kappa shape index (κ3) is 3.41. The van der Waals surface area contributed by atoms with Gasteiger partial charge in [-0.2, -0.15) is 4.39 Å². The van der Waals surface area contributed by atoms with Gasteiger partial charge in [-0.1, -0.05) is 29.8 Å². The van der Waals surface area contributed by atoms with Gasteiger partial charge in [-0.25, -0.2) is 4.98 Å². The number of aryl methyl sites for hydroxylation is 1. The van der Waals surface area contributed by atoms with E-state index in [9.17, 15) is 9.18 Å². The Labute approximate surface area is 118 Å². The van der Waals surface area contributed by atoms with Crippen LogP contribution >= 0.6 is 0 Å². The van der Waals surface area contributed by atoms with Crippen LogP contribution in [0.15, 0.2) is 42.6 Å². The van der Waals surface area contributed by atoms with Crippen molar-refractivity contribution in [1.82, 2.24) is 9.88 Å². The minimum absolute atomic E-state index is 0.185. The van der Waals surface area contributed by atoms with E-state index >= 15 is 0 Å². The number of nitrogens with zero attached hydrogens (tertiary/aromatic N) is 2. The van der Waals surface area contributed by atoms with Crippen LogP contribution in [0, 0.1) is 12.9 Å². The lowest BCUT2D eigenvalue weighted by atomic mass is 10.1. The van der Waals surface area contributed by atoms with E-state index in [1.54, 1.807) is 4.90 Å². The Balaban J connectivity index is 2.18. The highest BCUT2D eigenvalue weighted by atomic mass is 19.1. The first-order valence-corrected chi connectivity index (χ1v) is 6.56. The summed E-state index contributed by atoms with van der Waals surface area (Å²) in [4.78, 5) is 17.5. The van der Waals surface area contributed by atoms with Gasteiger partial charge in [-0.15, -0.1) is 0 Å². The van der Waals surface area contributed by atoms with Crippen molar-refractivity contribution < 1.29 is 9.18 Å². The van der Waals surface area contributed by atoms with Gasteiger partial charge in [0.05, 0.1) is 0 Å². The standard InChI is InChI=1S/C16H17FN2O/c1-3-19(11-13-6-4-5-12(2)9-13)16(20)14-7-8-18-15(17)10-14/h4-10H,3,11H2,1-2H3. The van der Waals surface area contributed by atoms with Gasteiger partial charge in [-0.05, 0) is 25.5 Å². The third-order valence-electron chi connectivity index (χ3n) is 3.10. The lowest BCUT2D eigenvalue weighted by Crippen LogP contribution is -2.30. The quantitative estimate of drug-likeness (QED) is 0.801. The van der Waals surface area contributed by atoms with Crippen LogP contribution in [0.3, 0.4) is 0 Å². The lowest BCUT2D eigenvalue weighted by Gasteiger charge is -2.21. The molecule has 1 aromatic heterocycles. The van der Waals surface area contributed by atoms with Crippen LogP contribution in [0.5, 0.6) is 0 Å². The Morgan fingerprint density at radius 3 is 2.75 bits per heavy atom. The number of amides is 1. The number of carbonyl (C=O) groups is 1. The molecule has 20 heavy (non-hydrogen) atoms. The molecule has 0 N–H and O–H groups in total. The second-order valence-corrected chi connectivity index (χ2v) is 4.68. The predicted molar refractivity (Wildman–Crippen MR) is 75.8 cm³/mol. The number of halogens is 1. The Kier molecular flexibility index (Phi) is 4.45. The molecule has 0 unspecified atom stereocenters. The van der Waals surface area contributed by atoms with Gasteiger partial charge in [-0.3, -0.25) is 4.79 Å². The summed E-state index contributed by atoms with van der Waals surface area (Å²) in [7, 11) is 0. The second-order valence-electron chi connectivity index (χ2n) is 4.68. The van der Waals surface area contributed by atoms with Crippen LogP contribution in [-0.4, -0.2) is 22.3 Å². The van der Waals surface area contributed by atoms with Crippen molar-refractivity contribution in [2.45, 2.75) is 20.4 Å². The van der Waals surface area contributed by atoms with Crippen molar-refractivity contribution in [2.24, 2.45) is 0 Å². The van der Waals surface area contributed by atoms with E-state index in [1.165, 1.54) is 18.3 Å². The summed E-state index contributed by atoms with van der Waals surface area (Å²) < 4.78 is 13.1. The molecular weight excluding hydrogens is 255 g/mol. The van der Waals surface area contributed by atoms with E-state index in [-0.39, 0.29) is 5.91 Å². The van der Waals surface area contributed by atoms with Gasteiger partial charge in [0.2, 0.25) is 5.95 Å². The second kappa shape index (κ2) is 6.28. The van der Waals surface area contributed by atoms with Gasteiger partial charge in [0.15, 0.2) is 0 Å². The first-order chi connectivity index (χ1) is 9.60. The maximum absolute atomic E-state index is 13.1. The largest absolute Gasteiger partial charge is 0.335 e. The molecule has 0 saturated carbocycles. The minimum Gasteiger partial charge on any atom is -0.335 e. The molecule has 0 aliphatic heterocycles. The molecule has 0 radical (unpaired) electrons. The molecule has 4 heteroatoms. The molecule has 0 spiro atoms. The van der Waals surface area contributed by atoms with Gasteiger partial charge < -0.3 is 4.90 Å². The van der Waals surface area contributed by atoms with Crippen molar-refractivity contribution in [2.75, 3.05) is 6.54 Å². The normalized spacial score (nSPS) is 10.3. The molecule has 104 valence electrons. The first-order valence-electron chi connectivity index (χ1n) is 6.56. The summed E-state index contributed by atoms with van der Waals surface area (Å²) in [6, 6.07) is 10.7. The van der Waals surface area contributed by atoms with Crippen molar-refractivity contribution in [3.8, 4) is 0 Å². The maximum atomic E-state index is 13.1. The highest BCUT2D eigenvalue weighted by Crippen LogP contribution is 2.11. The molecule has 1 heterocycles. The Morgan fingerprint density at radius 2 is 2.10 bits per heavy atom. The molecular formula is C16H17FN2O. The van der Waals surface area contributed by atoms with E-state index in [2.05, 4.69) is 4.98 Å². The average molecular weight is 272 g/mol. The zero-order valence-corrected chi connectivity index (χ0v) is 11.6. The summed E-state index contributed by atoms with van der Waals surface area (Å²) in [5, 5.41) is 0. The monoisotopic (exact) mass is 272 g/mol. The molecule has 2 aromatic rings. The number of hydrogen-bond acceptors (Lipinski definition) is 2. The Hall–Kier alpha value is -2.23. The Morgan fingerprint density at radius 1 is 1.30 bits per heavy atom. The number of carbonyl (C=O) groups excluding carboxylic acids is 1. The highest BCUT2D eigenvalue weighted by Gasteiger charge is 2.15. The summed E-state index contributed by atoms with van der Waals surface area (Å²) in [6.07, 6.45) is 1.31. The topological polar surface area (TPSA) is 33.2 Å². The fourth-order valence-electron chi connectivity index (χ4n) is 2.08. The number of pyridine rings is 1. The maximum Gasteiger partial charge on any atom is 0.254 e. The van der Waals surface area contributed by atoms with E-state index < -0.39 is 5.95 Å². The van der Waals surface area contributed by atoms with E-state index in [4.69, 9.17) is 0 Å². The minimum atomic E-state index is -0.637. The van der Waals surface area contributed by atoms with E-state index in [1.807, 2.05) is 38.1 Å². The van der Waals surface area contributed by atoms with Crippen molar-refractivity contribution in [3.63, 3.8) is 0 Å². The zero-order valence-electron chi connectivity index (χ0n) is 11.6. The van der Waals surface area contributed by atoms with Crippen LogP contribution in [0.1, 0.15) is 28.4 Å². The lowest BCUT2D eigenvalue weighted by molar-refractivity contribution is 0.0752. The number of aromatic nitrogens is 1. The molecule has 0 aliphatic carbocycles. The smallest absolute Gasteiger partial charge is 0.254 e. The van der Waals surface area contributed by atoms with Crippen molar-refractivity contribution in [1.29, 1.82) is 0 Å². The van der Waals surface area contributed by atoms with E-state index in [0.29, 0.717) is 18.7 Å². The van der Waals surface area contributed by atoms with Crippen molar-refractivity contribution in [3.05, 3.63) is 65.2 Å². The zero-order chi connectivity index (χ0) is 14.5. The highest BCUT2D eigenvalue weighted by molar-refractivity contribution is 5.94. The van der Waals surface area contributed by atoms with Crippen LogP contribution < -0.4 is 0 Å². The van der Waals surface area contributed by atoms with Crippen LogP contribution in [0.25, 0.3) is 0 Å². The van der Waals surface area contributed by atoms with Crippen LogP contribution in [0.2, 0.25) is 0 Å². The van der Waals surface area contributed by atoms with Gasteiger partial charge in [0.25, 0.3) is 5.91 Å². The molecule has 0 atom stereocenters. The first kappa shape index (κ1) is 14.2. The molecule has 0 saturated heterocycles. The molecule has 0 bridgehead atoms. The molecule has 1 amide bonds. The fourth-order valence-corrected chi connectivity index (χ4v) is 2.08. The summed E-state index contributed by atoms with van der Waals surface area (Å²) in [6.45, 7) is 5.00. The number of hydrogen-bond donors (Lipinski definition) is 0. The van der Waals surface area contributed by atoms with Crippen LogP contribution in [0.4, 0.5) is 4.39 Å². The van der Waals surface area contributed by atoms with Crippen molar-refractivity contribution >= 4 is 5.91 Å². The average Bonchev–Trinajstić information content (AvgIpc) is 2.44. The molecule has 0 fully saturated rings. The number of benzene rings is 1. The summed E-state index contributed by atoms with van der Waals surface area (Å²) >= 11 is 0. The van der Waals surface area contributed by atoms with E-state index in [0.717, 1.165) is 11.1 Å². The molecule has 2 rings (SSSR count). The molecule has 3 nitrogen and oxygen atoms in total.